The first-order valence-corrected chi connectivity index (χ1v) is 10.4. The Balaban J connectivity index is 1.68. The van der Waals surface area contributed by atoms with Crippen LogP contribution in [0.3, 0.4) is 0 Å². The van der Waals surface area contributed by atoms with E-state index in [9.17, 15) is 22.0 Å². The fraction of sp³-hybridized carbons (Fsp3) is 0.417. The van der Waals surface area contributed by atoms with Crippen LogP contribution in [-0.4, -0.2) is 6.36 Å². The second-order valence-corrected chi connectivity index (χ2v) is 8.31. The van der Waals surface area contributed by atoms with Crippen LogP contribution in [0.2, 0.25) is 0 Å². The molecule has 0 radical (unpaired) electrons. The summed E-state index contributed by atoms with van der Waals surface area (Å²) in [5.74, 6) is -3.04. The third kappa shape index (κ3) is 4.32. The zero-order valence-electron chi connectivity index (χ0n) is 16.9. The van der Waals surface area contributed by atoms with Crippen molar-refractivity contribution in [3.63, 3.8) is 0 Å². The van der Waals surface area contributed by atoms with Crippen LogP contribution >= 0.6 is 0 Å². The van der Waals surface area contributed by atoms with E-state index >= 15 is 4.39 Å². The van der Waals surface area contributed by atoms with Crippen LogP contribution in [0.25, 0.3) is 11.1 Å². The van der Waals surface area contributed by atoms with Crippen LogP contribution < -0.4 is 4.74 Å². The molecule has 0 saturated heterocycles. The van der Waals surface area contributed by atoms with Crippen molar-refractivity contribution in [1.82, 2.24) is 0 Å². The minimum Gasteiger partial charge on any atom is -0.403 e. The maximum atomic E-state index is 15.4. The third-order valence-electron chi connectivity index (χ3n) is 6.45. The third-order valence-corrected chi connectivity index (χ3v) is 6.45. The van der Waals surface area contributed by atoms with E-state index in [-0.39, 0.29) is 11.5 Å². The van der Waals surface area contributed by atoms with Crippen LogP contribution in [0.5, 0.6) is 5.75 Å². The molecule has 2 aromatic rings. The molecule has 3 atom stereocenters. The lowest BCUT2D eigenvalue weighted by Gasteiger charge is -2.40. The quantitative estimate of drug-likeness (QED) is 0.351. The summed E-state index contributed by atoms with van der Waals surface area (Å²) in [7, 11) is 0. The first-order chi connectivity index (χ1) is 14.7. The molecular weight excluding hydrogens is 418 g/mol. The van der Waals surface area contributed by atoms with Gasteiger partial charge in [0.1, 0.15) is 11.6 Å². The van der Waals surface area contributed by atoms with Crippen molar-refractivity contribution in [2.24, 2.45) is 11.8 Å². The van der Waals surface area contributed by atoms with Gasteiger partial charge in [-0.2, -0.15) is 0 Å². The Bertz CT molecular complexity index is 1010. The summed E-state index contributed by atoms with van der Waals surface area (Å²) in [4.78, 5) is 0. The largest absolute Gasteiger partial charge is 0.573 e. The molecule has 1 fully saturated rings. The number of alkyl halides is 3. The van der Waals surface area contributed by atoms with Gasteiger partial charge in [0.25, 0.3) is 0 Å². The van der Waals surface area contributed by atoms with Gasteiger partial charge < -0.3 is 4.74 Å². The predicted molar refractivity (Wildman–Crippen MR) is 105 cm³/mol. The molecular formula is C24H22F6O. The molecule has 31 heavy (non-hydrogen) atoms. The molecule has 3 unspecified atom stereocenters. The van der Waals surface area contributed by atoms with E-state index in [2.05, 4.69) is 10.8 Å². The normalized spacial score (nSPS) is 23.5. The highest BCUT2D eigenvalue weighted by Crippen LogP contribution is 2.49. The molecule has 0 spiro atoms. The second-order valence-electron chi connectivity index (χ2n) is 8.31. The van der Waals surface area contributed by atoms with E-state index in [1.165, 1.54) is 6.07 Å². The predicted octanol–water partition coefficient (Wildman–Crippen LogP) is 7.69. The molecule has 0 aliphatic heterocycles. The summed E-state index contributed by atoms with van der Waals surface area (Å²) < 4.78 is 85.1. The molecule has 0 heterocycles. The number of hydrogen-bond donors (Lipinski definition) is 0. The maximum absolute atomic E-state index is 15.4. The number of hydrogen-bond acceptors (Lipinski definition) is 1. The Morgan fingerprint density at radius 1 is 1.00 bits per heavy atom. The lowest BCUT2D eigenvalue weighted by atomic mass is 9.65. The Hall–Kier alpha value is -2.44. The number of ether oxygens (including phenoxy) is 1. The Morgan fingerprint density at radius 3 is 2.45 bits per heavy atom. The van der Waals surface area contributed by atoms with Crippen molar-refractivity contribution in [3.05, 3.63) is 65.0 Å². The van der Waals surface area contributed by atoms with Crippen molar-refractivity contribution in [1.29, 1.82) is 0 Å². The second kappa shape index (κ2) is 8.24. The van der Waals surface area contributed by atoms with E-state index < -0.39 is 35.1 Å². The number of halogens is 6. The zero-order valence-corrected chi connectivity index (χ0v) is 16.9. The molecule has 1 nitrogen and oxygen atoms in total. The van der Waals surface area contributed by atoms with Gasteiger partial charge in [0.15, 0.2) is 11.6 Å². The molecule has 1 saturated carbocycles. The molecule has 0 N–H and O–H groups in total. The fourth-order valence-corrected chi connectivity index (χ4v) is 5.20. The average Bonchev–Trinajstić information content (AvgIpc) is 2.69. The van der Waals surface area contributed by atoms with Gasteiger partial charge in [-0.3, -0.25) is 0 Å². The average molecular weight is 440 g/mol. The van der Waals surface area contributed by atoms with Crippen molar-refractivity contribution in [2.75, 3.05) is 0 Å². The maximum Gasteiger partial charge on any atom is 0.573 e. The summed E-state index contributed by atoms with van der Waals surface area (Å²) in [6, 6.07) is 3.77. The first kappa shape index (κ1) is 21.8. The van der Waals surface area contributed by atoms with Gasteiger partial charge in [-0.25, -0.2) is 13.2 Å². The van der Waals surface area contributed by atoms with Crippen LogP contribution in [-0.2, 0) is 6.42 Å². The summed E-state index contributed by atoms with van der Waals surface area (Å²) >= 11 is 0. The van der Waals surface area contributed by atoms with Gasteiger partial charge in [0.05, 0.1) is 5.56 Å². The molecule has 7 heteroatoms. The monoisotopic (exact) mass is 440 g/mol. The lowest BCUT2D eigenvalue weighted by Crippen LogP contribution is -2.28. The topological polar surface area (TPSA) is 9.23 Å². The van der Waals surface area contributed by atoms with Crippen LogP contribution in [0, 0.1) is 29.3 Å². The van der Waals surface area contributed by atoms with Gasteiger partial charge in [-0.05, 0) is 91.7 Å². The first-order valence-electron chi connectivity index (χ1n) is 10.4. The SMILES string of the molecule is C/C=C/C1CCC2c3cc(F)c(-c4ccc(OC(F)(F)F)c(F)c4)c(F)c3CCC2C1. The molecule has 0 amide bonds. The highest BCUT2D eigenvalue weighted by atomic mass is 19.4. The summed E-state index contributed by atoms with van der Waals surface area (Å²) in [6.45, 7) is 1.99. The molecule has 0 aromatic heterocycles. The van der Waals surface area contributed by atoms with Crippen molar-refractivity contribution in [2.45, 2.75) is 51.3 Å². The number of rotatable bonds is 3. The highest BCUT2D eigenvalue weighted by molar-refractivity contribution is 5.68. The number of benzene rings is 2. The van der Waals surface area contributed by atoms with Crippen LogP contribution in [0.15, 0.2) is 36.4 Å². The summed E-state index contributed by atoms with van der Waals surface area (Å²) in [6.07, 6.45) is 3.22. The van der Waals surface area contributed by atoms with E-state index in [0.717, 1.165) is 37.8 Å². The molecule has 2 aromatic carbocycles. The standard InChI is InChI=1S/C24H22F6O/c1-2-3-13-4-7-16-14(10-13)5-8-17-18(16)12-20(26)22(23(17)27)15-6-9-21(19(25)11-15)31-24(28,29)30/h2-3,6,9,11-14,16H,4-5,7-8,10H2,1H3/b3-2+. The van der Waals surface area contributed by atoms with Crippen LogP contribution in [0.4, 0.5) is 26.3 Å². The minimum absolute atomic E-state index is 0.0857. The Morgan fingerprint density at radius 2 is 1.77 bits per heavy atom. The zero-order chi connectivity index (χ0) is 22.3. The molecule has 2 aliphatic carbocycles. The number of allylic oxidation sites excluding steroid dienone is 2. The van der Waals surface area contributed by atoms with Crippen molar-refractivity contribution >= 4 is 0 Å². The molecule has 166 valence electrons. The Kier molecular flexibility index (Phi) is 5.79. The van der Waals surface area contributed by atoms with Gasteiger partial charge in [0.2, 0.25) is 0 Å². The number of fused-ring (bicyclic) bond motifs is 3. The van der Waals surface area contributed by atoms with Gasteiger partial charge in [-0.1, -0.05) is 18.2 Å². The van der Waals surface area contributed by atoms with Gasteiger partial charge >= 0.3 is 6.36 Å². The van der Waals surface area contributed by atoms with Gasteiger partial charge in [-0.15, -0.1) is 13.2 Å². The van der Waals surface area contributed by atoms with Crippen LogP contribution in [0.1, 0.15) is 49.7 Å². The van der Waals surface area contributed by atoms with Crippen molar-refractivity contribution < 1.29 is 31.1 Å². The molecule has 0 bridgehead atoms. The smallest absolute Gasteiger partial charge is 0.403 e. The fourth-order valence-electron chi connectivity index (χ4n) is 5.20. The van der Waals surface area contributed by atoms with E-state index in [1.54, 1.807) is 0 Å². The minimum atomic E-state index is -5.06. The van der Waals surface area contributed by atoms with Gasteiger partial charge in [0, 0.05) is 0 Å². The van der Waals surface area contributed by atoms with E-state index in [4.69, 9.17) is 0 Å². The molecule has 4 rings (SSSR count). The summed E-state index contributed by atoms with van der Waals surface area (Å²) in [5, 5.41) is 0. The lowest BCUT2D eigenvalue weighted by molar-refractivity contribution is -0.275. The van der Waals surface area contributed by atoms with E-state index in [1.807, 2.05) is 13.0 Å². The Labute approximate surface area is 176 Å². The summed E-state index contributed by atoms with van der Waals surface area (Å²) in [5.41, 5.74) is 0.519. The van der Waals surface area contributed by atoms with E-state index in [0.29, 0.717) is 35.4 Å². The van der Waals surface area contributed by atoms with Crippen molar-refractivity contribution in [3.8, 4) is 16.9 Å². The highest BCUT2D eigenvalue weighted by Gasteiger charge is 2.37. The molecule has 2 aliphatic rings.